The Kier molecular flexibility index (Phi) is 4.26. The first-order valence-electron chi connectivity index (χ1n) is 6.97. The summed E-state index contributed by atoms with van der Waals surface area (Å²) in [6.45, 7) is 3.65. The minimum absolute atomic E-state index is 0.354. The zero-order valence-corrected chi connectivity index (χ0v) is 12.0. The van der Waals surface area contributed by atoms with E-state index in [1.807, 2.05) is 13.8 Å². The van der Waals surface area contributed by atoms with Crippen LogP contribution in [0.1, 0.15) is 47.4 Å². The zero-order chi connectivity index (χ0) is 15.6. The van der Waals surface area contributed by atoms with E-state index >= 15 is 0 Å². The molecule has 2 rings (SSSR count). The second kappa shape index (κ2) is 5.95. The summed E-state index contributed by atoms with van der Waals surface area (Å²) in [6.07, 6.45) is -0.167. The molecule has 1 aromatic rings. The van der Waals surface area contributed by atoms with Crippen molar-refractivity contribution in [1.29, 1.82) is 0 Å². The third-order valence-electron chi connectivity index (χ3n) is 3.79. The van der Waals surface area contributed by atoms with Crippen LogP contribution >= 0.6 is 0 Å². The molecular weight excluding hydrogens is 272 g/mol. The lowest BCUT2D eigenvalue weighted by atomic mass is 10.0. The highest BCUT2D eigenvalue weighted by Crippen LogP contribution is 2.27. The van der Waals surface area contributed by atoms with Crippen molar-refractivity contribution in [2.75, 3.05) is 0 Å². The van der Waals surface area contributed by atoms with E-state index in [2.05, 4.69) is 5.32 Å². The third kappa shape index (κ3) is 2.61. The molecule has 0 radical (unpaired) electrons. The molecular formula is C15H18N2O4. The van der Waals surface area contributed by atoms with Gasteiger partial charge in [-0.05, 0) is 25.0 Å². The molecule has 0 spiro atoms. The van der Waals surface area contributed by atoms with Gasteiger partial charge in [0, 0.05) is 0 Å². The first-order chi connectivity index (χ1) is 10.0. The van der Waals surface area contributed by atoms with Crippen LogP contribution in [0.15, 0.2) is 24.3 Å². The first-order valence-corrected chi connectivity index (χ1v) is 6.97. The second-order valence-corrected chi connectivity index (χ2v) is 4.97. The summed E-state index contributed by atoms with van der Waals surface area (Å²) in [6, 6.07) is 5.69. The van der Waals surface area contributed by atoms with Gasteiger partial charge >= 0.3 is 6.09 Å². The molecule has 1 aromatic carbocycles. The summed E-state index contributed by atoms with van der Waals surface area (Å²) in [7, 11) is 0. The molecule has 2 N–H and O–H groups in total. The van der Waals surface area contributed by atoms with Crippen LogP contribution in [-0.4, -0.2) is 40.0 Å². The fourth-order valence-corrected chi connectivity index (χ4v) is 2.79. The van der Waals surface area contributed by atoms with Crippen molar-refractivity contribution in [3.63, 3.8) is 0 Å². The monoisotopic (exact) mass is 290 g/mol. The van der Waals surface area contributed by atoms with Gasteiger partial charge in [0.2, 0.25) is 0 Å². The minimum Gasteiger partial charge on any atom is -0.465 e. The van der Waals surface area contributed by atoms with Crippen molar-refractivity contribution in [1.82, 2.24) is 10.2 Å². The maximum absolute atomic E-state index is 12.4. The zero-order valence-electron chi connectivity index (χ0n) is 12.0. The summed E-state index contributed by atoms with van der Waals surface area (Å²) in [4.78, 5) is 37.0. The number of carbonyl (C=O) groups excluding carboxylic acids is 2. The number of rotatable bonds is 5. The van der Waals surface area contributed by atoms with Crippen molar-refractivity contribution >= 4 is 17.9 Å². The average Bonchev–Trinajstić information content (AvgIpc) is 2.72. The van der Waals surface area contributed by atoms with Gasteiger partial charge in [-0.25, -0.2) is 4.79 Å². The SMILES string of the molecule is CC[C@H](NC(=O)O)[C@@H](CC)N1C(=O)c2ccccc2C1=O. The highest BCUT2D eigenvalue weighted by Gasteiger charge is 2.41. The molecule has 0 saturated carbocycles. The number of imide groups is 1. The summed E-state index contributed by atoms with van der Waals surface area (Å²) in [5, 5.41) is 11.3. The number of hydrogen-bond donors (Lipinski definition) is 2. The molecule has 1 aliphatic heterocycles. The molecule has 0 saturated heterocycles. The Hall–Kier alpha value is -2.37. The van der Waals surface area contributed by atoms with Crippen LogP contribution in [0.2, 0.25) is 0 Å². The number of carboxylic acid groups (broad SMARTS) is 1. The Labute approximate surface area is 122 Å². The number of nitrogens with one attached hydrogen (secondary N) is 1. The Morgan fingerprint density at radius 3 is 2.05 bits per heavy atom. The third-order valence-corrected chi connectivity index (χ3v) is 3.79. The smallest absolute Gasteiger partial charge is 0.404 e. The maximum atomic E-state index is 12.4. The van der Waals surface area contributed by atoms with Gasteiger partial charge in [-0.1, -0.05) is 26.0 Å². The highest BCUT2D eigenvalue weighted by atomic mass is 16.4. The molecule has 0 aromatic heterocycles. The first kappa shape index (κ1) is 15.0. The average molecular weight is 290 g/mol. The van der Waals surface area contributed by atoms with Crippen molar-refractivity contribution in [2.24, 2.45) is 0 Å². The standard InChI is InChI=1S/C15H18N2O4/c1-3-11(16-15(20)21)12(4-2)17-13(18)9-7-5-6-8-10(9)14(17)19/h5-8,11-12,16H,3-4H2,1-2H3,(H,20,21)/t11-,12+/m0/s1. The quantitative estimate of drug-likeness (QED) is 0.813. The van der Waals surface area contributed by atoms with E-state index in [1.54, 1.807) is 24.3 Å². The van der Waals surface area contributed by atoms with Crippen LogP contribution in [-0.2, 0) is 0 Å². The molecule has 0 bridgehead atoms. The van der Waals surface area contributed by atoms with Gasteiger partial charge in [-0.2, -0.15) is 0 Å². The molecule has 0 unspecified atom stereocenters. The van der Waals surface area contributed by atoms with Crippen LogP contribution < -0.4 is 5.32 Å². The number of benzene rings is 1. The van der Waals surface area contributed by atoms with Crippen LogP contribution in [0.4, 0.5) is 4.79 Å². The van der Waals surface area contributed by atoms with E-state index in [0.717, 1.165) is 0 Å². The van der Waals surface area contributed by atoms with Crippen LogP contribution in [0.3, 0.4) is 0 Å². The van der Waals surface area contributed by atoms with Gasteiger partial charge in [-0.3, -0.25) is 14.5 Å². The number of nitrogens with zero attached hydrogens (tertiary/aromatic N) is 1. The van der Waals surface area contributed by atoms with E-state index in [4.69, 9.17) is 5.11 Å². The lowest BCUT2D eigenvalue weighted by molar-refractivity contribution is 0.0536. The van der Waals surface area contributed by atoms with Gasteiger partial charge in [0.25, 0.3) is 11.8 Å². The van der Waals surface area contributed by atoms with Crippen molar-refractivity contribution in [3.05, 3.63) is 35.4 Å². The summed E-state index contributed by atoms with van der Waals surface area (Å²) in [5.41, 5.74) is 0.761. The molecule has 2 atom stereocenters. The molecule has 1 heterocycles. The van der Waals surface area contributed by atoms with Crippen molar-refractivity contribution < 1.29 is 19.5 Å². The number of hydrogen-bond acceptors (Lipinski definition) is 3. The van der Waals surface area contributed by atoms with Gasteiger partial charge in [0.1, 0.15) is 0 Å². The number of fused-ring (bicyclic) bond motifs is 1. The number of carbonyl (C=O) groups is 3. The summed E-state index contributed by atoms with van der Waals surface area (Å²) in [5.74, 6) is -0.707. The Morgan fingerprint density at radius 2 is 1.67 bits per heavy atom. The molecule has 3 amide bonds. The molecule has 0 fully saturated rings. The predicted molar refractivity (Wildman–Crippen MR) is 76.3 cm³/mol. The highest BCUT2D eigenvalue weighted by molar-refractivity contribution is 6.21. The Morgan fingerprint density at radius 1 is 1.14 bits per heavy atom. The minimum atomic E-state index is -1.16. The molecule has 6 heteroatoms. The Balaban J connectivity index is 2.34. The van der Waals surface area contributed by atoms with E-state index in [1.165, 1.54) is 4.90 Å². The van der Waals surface area contributed by atoms with E-state index < -0.39 is 18.2 Å². The summed E-state index contributed by atoms with van der Waals surface area (Å²) >= 11 is 0. The van der Waals surface area contributed by atoms with Gasteiger partial charge in [0.05, 0.1) is 23.2 Å². The van der Waals surface area contributed by atoms with Crippen LogP contribution in [0, 0.1) is 0 Å². The van der Waals surface area contributed by atoms with Crippen LogP contribution in [0.25, 0.3) is 0 Å². The molecule has 21 heavy (non-hydrogen) atoms. The van der Waals surface area contributed by atoms with Crippen molar-refractivity contribution in [3.8, 4) is 0 Å². The second-order valence-electron chi connectivity index (χ2n) is 4.97. The summed E-state index contributed by atoms with van der Waals surface area (Å²) < 4.78 is 0. The van der Waals surface area contributed by atoms with Gasteiger partial charge < -0.3 is 10.4 Å². The van der Waals surface area contributed by atoms with Gasteiger partial charge in [0.15, 0.2) is 0 Å². The molecule has 6 nitrogen and oxygen atoms in total. The molecule has 0 aliphatic carbocycles. The molecule has 1 aliphatic rings. The lowest BCUT2D eigenvalue weighted by Crippen LogP contribution is -2.53. The topological polar surface area (TPSA) is 86.7 Å². The van der Waals surface area contributed by atoms with E-state index in [9.17, 15) is 14.4 Å². The number of amides is 3. The van der Waals surface area contributed by atoms with E-state index in [-0.39, 0.29) is 11.8 Å². The lowest BCUT2D eigenvalue weighted by Gasteiger charge is -2.31. The molecule has 112 valence electrons. The fraction of sp³-hybridized carbons (Fsp3) is 0.400. The van der Waals surface area contributed by atoms with E-state index in [0.29, 0.717) is 24.0 Å². The van der Waals surface area contributed by atoms with Crippen LogP contribution in [0.5, 0.6) is 0 Å². The Bertz CT molecular complexity index is 550. The van der Waals surface area contributed by atoms with Gasteiger partial charge in [-0.15, -0.1) is 0 Å². The largest absolute Gasteiger partial charge is 0.465 e. The van der Waals surface area contributed by atoms with Crippen molar-refractivity contribution in [2.45, 2.75) is 38.8 Å². The normalized spacial score (nSPS) is 16.6. The maximum Gasteiger partial charge on any atom is 0.404 e. The predicted octanol–water partition coefficient (Wildman–Crippen LogP) is 2.11. The fourth-order valence-electron chi connectivity index (χ4n) is 2.79.